The predicted molar refractivity (Wildman–Crippen MR) is 149 cm³/mol. The SMILES string of the molecule is C=C(SCCC)c1cc(/C(=C/C)N=C(C)c2ccccc2Cl)n(-c2ccc(CC)cc2)c1C. The van der Waals surface area contributed by atoms with E-state index in [1.54, 1.807) is 0 Å². The maximum atomic E-state index is 6.45. The molecule has 0 radical (unpaired) electrons. The summed E-state index contributed by atoms with van der Waals surface area (Å²) in [6.45, 7) is 15.0. The number of rotatable bonds is 9. The van der Waals surface area contributed by atoms with Gasteiger partial charge in [-0.1, -0.05) is 68.4 Å². The van der Waals surface area contributed by atoms with Crippen LogP contribution in [0.25, 0.3) is 16.3 Å². The Morgan fingerprint density at radius 1 is 1.09 bits per heavy atom. The number of aromatic nitrogens is 1. The van der Waals surface area contributed by atoms with Crippen molar-refractivity contribution in [1.29, 1.82) is 0 Å². The second-order valence-electron chi connectivity index (χ2n) is 8.01. The van der Waals surface area contributed by atoms with Crippen LogP contribution in [0.4, 0.5) is 0 Å². The van der Waals surface area contributed by atoms with Crippen molar-refractivity contribution in [2.24, 2.45) is 4.99 Å². The first kappa shape index (κ1) is 25.1. The van der Waals surface area contributed by atoms with Crippen molar-refractivity contribution in [2.75, 3.05) is 5.75 Å². The van der Waals surface area contributed by atoms with Crippen LogP contribution in [0.3, 0.4) is 0 Å². The Hall–Kier alpha value is -2.49. The fraction of sp³-hybridized carbons (Fsp3) is 0.276. The molecule has 0 aliphatic heterocycles. The molecule has 0 spiro atoms. The first-order valence-electron chi connectivity index (χ1n) is 11.5. The molecule has 0 amide bonds. The van der Waals surface area contributed by atoms with Gasteiger partial charge in [0.1, 0.15) is 0 Å². The maximum absolute atomic E-state index is 6.45. The smallest absolute Gasteiger partial charge is 0.0831 e. The topological polar surface area (TPSA) is 17.3 Å². The molecule has 0 atom stereocenters. The molecule has 0 saturated carbocycles. The number of hydrogen-bond donors (Lipinski definition) is 0. The van der Waals surface area contributed by atoms with Crippen molar-refractivity contribution in [3.63, 3.8) is 0 Å². The zero-order valence-electron chi connectivity index (χ0n) is 20.3. The van der Waals surface area contributed by atoms with Gasteiger partial charge in [-0.25, -0.2) is 0 Å². The third-order valence-corrected chi connectivity index (χ3v) is 7.23. The number of thioether (sulfide) groups is 1. The number of allylic oxidation sites excluding steroid dienone is 1. The molecule has 0 bridgehead atoms. The van der Waals surface area contributed by atoms with E-state index >= 15 is 0 Å². The number of halogens is 1. The minimum Gasteiger partial charge on any atom is -0.312 e. The summed E-state index contributed by atoms with van der Waals surface area (Å²) in [5, 5.41) is 0.709. The molecule has 4 heteroatoms. The molecule has 1 heterocycles. The van der Waals surface area contributed by atoms with Gasteiger partial charge >= 0.3 is 0 Å². The van der Waals surface area contributed by atoms with Crippen LogP contribution in [0, 0.1) is 6.92 Å². The lowest BCUT2D eigenvalue weighted by atomic mass is 10.1. The molecule has 0 unspecified atom stereocenters. The van der Waals surface area contributed by atoms with Crippen LogP contribution in [-0.4, -0.2) is 16.0 Å². The lowest BCUT2D eigenvalue weighted by Crippen LogP contribution is -2.03. The molecule has 172 valence electrons. The molecule has 0 aliphatic rings. The lowest BCUT2D eigenvalue weighted by molar-refractivity contribution is 0.985. The fourth-order valence-electron chi connectivity index (χ4n) is 3.86. The first-order valence-corrected chi connectivity index (χ1v) is 12.9. The highest BCUT2D eigenvalue weighted by atomic mass is 35.5. The van der Waals surface area contributed by atoms with E-state index in [1.165, 1.54) is 16.8 Å². The molecule has 0 saturated heterocycles. The number of nitrogens with zero attached hydrogens (tertiary/aromatic N) is 2. The van der Waals surface area contributed by atoms with E-state index in [1.807, 2.05) is 49.9 Å². The van der Waals surface area contributed by atoms with Crippen LogP contribution < -0.4 is 0 Å². The van der Waals surface area contributed by atoms with Crippen LogP contribution >= 0.6 is 23.4 Å². The van der Waals surface area contributed by atoms with Crippen LogP contribution in [0.2, 0.25) is 5.02 Å². The van der Waals surface area contributed by atoms with Gasteiger partial charge in [-0.2, -0.15) is 0 Å². The van der Waals surface area contributed by atoms with Crippen LogP contribution in [0.1, 0.15) is 62.2 Å². The Balaban J connectivity index is 2.16. The average molecular weight is 477 g/mol. The number of aliphatic imine (C=N–C) groups is 1. The molecular weight excluding hydrogens is 444 g/mol. The highest BCUT2D eigenvalue weighted by molar-refractivity contribution is 8.08. The molecular formula is C29H33ClN2S. The Morgan fingerprint density at radius 3 is 2.39 bits per heavy atom. The standard InChI is InChI=1S/C29H33ClN2S/c1-7-18-33-22(6)26-19-29(32(21(26)5)24-16-14-23(8-2)15-17-24)28(9-3)31-20(4)25-12-10-11-13-27(25)30/h9-17,19H,6-8,18H2,1-5H3/b28-9-,31-20?. The monoisotopic (exact) mass is 476 g/mol. The lowest BCUT2D eigenvalue weighted by Gasteiger charge is -2.14. The molecule has 33 heavy (non-hydrogen) atoms. The van der Waals surface area contributed by atoms with Crippen molar-refractivity contribution in [2.45, 2.75) is 47.5 Å². The van der Waals surface area contributed by atoms with E-state index in [2.05, 4.69) is 68.3 Å². The van der Waals surface area contributed by atoms with E-state index in [0.717, 1.165) is 51.9 Å². The normalized spacial score (nSPS) is 12.3. The highest BCUT2D eigenvalue weighted by Gasteiger charge is 2.18. The van der Waals surface area contributed by atoms with E-state index in [-0.39, 0.29) is 0 Å². The van der Waals surface area contributed by atoms with Gasteiger partial charge in [0.25, 0.3) is 0 Å². The second kappa shape index (κ2) is 11.6. The molecule has 3 rings (SSSR count). The van der Waals surface area contributed by atoms with Crippen LogP contribution in [0.15, 0.2) is 72.2 Å². The van der Waals surface area contributed by atoms with E-state index < -0.39 is 0 Å². The Labute approximate surface area is 208 Å². The fourth-order valence-corrected chi connectivity index (χ4v) is 4.94. The molecule has 0 aliphatic carbocycles. The Morgan fingerprint density at radius 2 is 1.79 bits per heavy atom. The van der Waals surface area contributed by atoms with Gasteiger partial charge in [-0.3, -0.25) is 4.99 Å². The zero-order chi connectivity index (χ0) is 24.0. The van der Waals surface area contributed by atoms with Gasteiger partial charge in [-0.15, -0.1) is 11.8 Å². The summed E-state index contributed by atoms with van der Waals surface area (Å²) in [6, 6.07) is 18.9. The summed E-state index contributed by atoms with van der Waals surface area (Å²) < 4.78 is 2.30. The summed E-state index contributed by atoms with van der Waals surface area (Å²) in [5.74, 6) is 1.06. The van der Waals surface area contributed by atoms with Crippen molar-refractivity contribution in [3.8, 4) is 5.69 Å². The van der Waals surface area contributed by atoms with Crippen molar-refractivity contribution in [3.05, 3.63) is 100 Å². The summed E-state index contributed by atoms with van der Waals surface area (Å²) in [4.78, 5) is 6.13. The molecule has 2 nitrogen and oxygen atoms in total. The highest BCUT2D eigenvalue weighted by Crippen LogP contribution is 2.35. The second-order valence-corrected chi connectivity index (χ2v) is 9.60. The summed E-state index contributed by atoms with van der Waals surface area (Å²) in [7, 11) is 0. The summed E-state index contributed by atoms with van der Waals surface area (Å²) in [5.41, 5.74) is 8.61. The molecule has 2 aromatic carbocycles. The van der Waals surface area contributed by atoms with Gasteiger partial charge in [0.15, 0.2) is 0 Å². The molecule has 0 fully saturated rings. The molecule has 0 N–H and O–H groups in total. The average Bonchev–Trinajstić information content (AvgIpc) is 3.18. The van der Waals surface area contributed by atoms with E-state index in [4.69, 9.17) is 16.6 Å². The van der Waals surface area contributed by atoms with Crippen molar-refractivity contribution in [1.82, 2.24) is 4.57 Å². The minimum absolute atomic E-state index is 0.709. The quantitative estimate of drug-likeness (QED) is 0.281. The predicted octanol–water partition coefficient (Wildman–Crippen LogP) is 8.99. The summed E-state index contributed by atoms with van der Waals surface area (Å²) >= 11 is 8.27. The van der Waals surface area contributed by atoms with Gasteiger partial charge in [0.2, 0.25) is 0 Å². The van der Waals surface area contributed by atoms with Gasteiger partial charge in [0.05, 0.1) is 11.4 Å². The molecule has 1 aromatic heterocycles. The van der Waals surface area contributed by atoms with Crippen LogP contribution in [0.5, 0.6) is 0 Å². The number of aryl methyl sites for hydroxylation is 1. The van der Waals surface area contributed by atoms with E-state index in [0.29, 0.717) is 5.02 Å². The third kappa shape index (κ3) is 5.72. The first-order chi connectivity index (χ1) is 15.9. The third-order valence-electron chi connectivity index (χ3n) is 5.72. The van der Waals surface area contributed by atoms with Crippen LogP contribution in [-0.2, 0) is 6.42 Å². The van der Waals surface area contributed by atoms with Gasteiger partial charge < -0.3 is 4.57 Å². The zero-order valence-corrected chi connectivity index (χ0v) is 21.9. The Kier molecular flexibility index (Phi) is 8.82. The van der Waals surface area contributed by atoms with Gasteiger partial charge in [0, 0.05) is 38.1 Å². The number of benzene rings is 2. The number of hydrogen-bond acceptors (Lipinski definition) is 2. The summed E-state index contributed by atoms with van der Waals surface area (Å²) in [6.07, 6.45) is 4.21. The minimum atomic E-state index is 0.709. The van der Waals surface area contributed by atoms with Crippen molar-refractivity contribution < 1.29 is 0 Å². The molecule has 3 aromatic rings. The largest absolute Gasteiger partial charge is 0.312 e. The van der Waals surface area contributed by atoms with Gasteiger partial charge in [-0.05, 0) is 69.2 Å². The Bertz CT molecular complexity index is 1180. The van der Waals surface area contributed by atoms with Crippen molar-refractivity contribution >= 4 is 39.7 Å². The maximum Gasteiger partial charge on any atom is 0.0831 e. The van der Waals surface area contributed by atoms with E-state index in [9.17, 15) is 0 Å².